The number of rotatable bonds is 5. The molecule has 0 atom stereocenters. The van der Waals surface area contributed by atoms with Gasteiger partial charge in [0.05, 0.1) is 22.6 Å². The van der Waals surface area contributed by atoms with Crippen LogP contribution < -0.4 is 10.9 Å². The second-order valence-corrected chi connectivity index (χ2v) is 7.80. The fraction of sp³-hybridized carbons (Fsp3) is 0.182. The molecule has 0 radical (unpaired) electrons. The van der Waals surface area contributed by atoms with Gasteiger partial charge in [-0.1, -0.05) is 37.6 Å². The first-order valence-electron chi connectivity index (χ1n) is 9.62. The van der Waals surface area contributed by atoms with Crippen LogP contribution in [0.15, 0.2) is 59.8 Å². The van der Waals surface area contributed by atoms with Gasteiger partial charge in [-0.15, -0.1) is 0 Å². The van der Waals surface area contributed by atoms with Crippen LogP contribution in [0.2, 0.25) is 5.02 Å². The summed E-state index contributed by atoms with van der Waals surface area (Å²) >= 11 is 5.93. The topological polar surface area (TPSA) is 81.8 Å². The molecule has 158 valence electrons. The molecule has 4 rings (SSSR count). The van der Waals surface area contributed by atoms with Gasteiger partial charge in [0.25, 0.3) is 5.56 Å². The Morgan fingerprint density at radius 2 is 1.94 bits per heavy atom. The van der Waals surface area contributed by atoms with Crippen LogP contribution in [-0.4, -0.2) is 25.2 Å². The second-order valence-electron chi connectivity index (χ2n) is 7.39. The van der Waals surface area contributed by atoms with Gasteiger partial charge in [0, 0.05) is 0 Å². The molecule has 0 unspecified atom stereocenters. The number of hydrogen-bond donors (Lipinski definition) is 1. The van der Waals surface area contributed by atoms with Gasteiger partial charge in [-0.25, -0.2) is 14.1 Å². The summed E-state index contributed by atoms with van der Waals surface area (Å²) in [6, 6.07) is 11.5. The summed E-state index contributed by atoms with van der Waals surface area (Å²) in [4.78, 5) is 29.5. The predicted molar refractivity (Wildman–Crippen MR) is 117 cm³/mol. The summed E-state index contributed by atoms with van der Waals surface area (Å²) in [5.74, 6) is -0.595. The number of anilines is 1. The number of carbonyl (C=O) groups excluding carboxylic acids is 1. The van der Waals surface area contributed by atoms with Crippen LogP contribution in [0.25, 0.3) is 16.7 Å². The monoisotopic (exact) mass is 439 g/mol. The summed E-state index contributed by atoms with van der Waals surface area (Å²) in [6.45, 7) is 3.95. The standard InChI is InChI=1S/C22H19ClFN5O2/c1-13(2)14-3-6-16(7-4-14)29-21-17(10-26-29)22(31)28(12-25-21)11-20(30)27-19-8-5-15(24)9-18(19)23/h3-10,12-13H,11H2,1-2H3,(H,27,30). The zero-order valence-corrected chi connectivity index (χ0v) is 17.6. The van der Waals surface area contributed by atoms with E-state index in [1.165, 1.54) is 34.8 Å². The average Bonchev–Trinajstić information content (AvgIpc) is 3.17. The highest BCUT2D eigenvalue weighted by Gasteiger charge is 2.14. The van der Waals surface area contributed by atoms with Gasteiger partial charge in [0.2, 0.25) is 5.91 Å². The third-order valence-electron chi connectivity index (χ3n) is 4.88. The molecule has 0 saturated heterocycles. The lowest BCUT2D eigenvalue weighted by Crippen LogP contribution is -2.28. The number of halogens is 2. The normalized spacial score (nSPS) is 11.3. The zero-order valence-electron chi connectivity index (χ0n) is 16.8. The van der Waals surface area contributed by atoms with E-state index in [1.807, 2.05) is 24.3 Å². The maximum atomic E-state index is 13.2. The van der Waals surface area contributed by atoms with E-state index in [1.54, 1.807) is 4.68 Å². The largest absolute Gasteiger partial charge is 0.323 e. The van der Waals surface area contributed by atoms with Crippen molar-refractivity contribution in [2.24, 2.45) is 0 Å². The van der Waals surface area contributed by atoms with Crippen molar-refractivity contribution in [2.75, 3.05) is 5.32 Å². The Kier molecular flexibility index (Phi) is 5.56. The maximum Gasteiger partial charge on any atom is 0.264 e. The van der Waals surface area contributed by atoms with Crippen LogP contribution in [-0.2, 0) is 11.3 Å². The van der Waals surface area contributed by atoms with Gasteiger partial charge >= 0.3 is 0 Å². The maximum absolute atomic E-state index is 13.2. The van der Waals surface area contributed by atoms with Crippen molar-refractivity contribution in [3.63, 3.8) is 0 Å². The third-order valence-corrected chi connectivity index (χ3v) is 5.19. The van der Waals surface area contributed by atoms with Gasteiger partial charge in [-0.05, 0) is 41.8 Å². The van der Waals surface area contributed by atoms with Gasteiger partial charge in [0.1, 0.15) is 24.1 Å². The molecule has 0 spiro atoms. The minimum absolute atomic E-state index is 0.0686. The first kappa shape index (κ1) is 20.7. The highest BCUT2D eigenvalue weighted by atomic mass is 35.5. The Morgan fingerprint density at radius 3 is 2.61 bits per heavy atom. The Bertz CT molecular complexity index is 1330. The fourth-order valence-electron chi connectivity index (χ4n) is 3.19. The number of hydrogen-bond acceptors (Lipinski definition) is 4. The minimum Gasteiger partial charge on any atom is -0.323 e. The Labute approximate surface area is 182 Å². The van der Waals surface area contributed by atoms with Crippen LogP contribution in [0.4, 0.5) is 10.1 Å². The van der Waals surface area contributed by atoms with Crippen molar-refractivity contribution in [1.82, 2.24) is 19.3 Å². The van der Waals surface area contributed by atoms with E-state index in [2.05, 4.69) is 29.2 Å². The summed E-state index contributed by atoms with van der Waals surface area (Å²) in [7, 11) is 0. The van der Waals surface area contributed by atoms with E-state index in [0.29, 0.717) is 17.0 Å². The molecule has 7 nitrogen and oxygen atoms in total. The lowest BCUT2D eigenvalue weighted by Gasteiger charge is -2.09. The van der Waals surface area contributed by atoms with E-state index in [4.69, 9.17) is 11.6 Å². The Hall–Kier alpha value is -3.52. The molecule has 0 bridgehead atoms. The molecule has 2 heterocycles. The number of nitrogens with zero attached hydrogens (tertiary/aromatic N) is 4. The van der Waals surface area contributed by atoms with Crippen LogP contribution in [0, 0.1) is 5.82 Å². The molecule has 0 fully saturated rings. The lowest BCUT2D eigenvalue weighted by atomic mass is 10.0. The summed E-state index contributed by atoms with van der Waals surface area (Å²) in [6.07, 6.45) is 2.74. The fourth-order valence-corrected chi connectivity index (χ4v) is 3.40. The number of fused-ring (bicyclic) bond motifs is 1. The molecule has 1 amide bonds. The molecule has 2 aromatic heterocycles. The summed E-state index contributed by atoms with van der Waals surface area (Å²) in [5.41, 5.74) is 2.25. The number of benzene rings is 2. The summed E-state index contributed by atoms with van der Waals surface area (Å²) < 4.78 is 15.9. The van der Waals surface area contributed by atoms with Gasteiger partial charge < -0.3 is 5.32 Å². The van der Waals surface area contributed by atoms with Crippen LogP contribution >= 0.6 is 11.6 Å². The molecule has 0 aliphatic rings. The highest BCUT2D eigenvalue weighted by molar-refractivity contribution is 6.33. The van der Waals surface area contributed by atoms with Crippen LogP contribution in [0.1, 0.15) is 25.3 Å². The van der Waals surface area contributed by atoms with Crippen molar-refractivity contribution < 1.29 is 9.18 Å². The second kappa shape index (κ2) is 8.31. The Morgan fingerprint density at radius 1 is 1.19 bits per heavy atom. The molecule has 0 aliphatic carbocycles. The van der Waals surface area contributed by atoms with Crippen molar-refractivity contribution in [1.29, 1.82) is 0 Å². The van der Waals surface area contributed by atoms with Crippen molar-refractivity contribution in [3.8, 4) is 5.69 Å². The molecule has 0 saturated carbocycles. The molecule has 1 N–H and O–H groups in total. The summed E-state index contributed by atoms with van der Waals surface area (Å²) in [5, 5.41) is 7.22. The van der Waals surface area contributed by atoms with E-state index < -0.39 is 17.3 Å². The van der Waals surface area contributed by atoms with E-state index in [-0.39, 0.29) is 17.3 Å². The number of carbonyl (C=O) groups is 1. The van der Waals surface area contributed by atoms with Gasteiger partial charge in [0.15, 0.2) is 5.65 Å². The first-order valence-corrected chi connectivity index (χ1v) is 9.99. The smallest absolute Gasteiger partial charge is 0.264 e. The van der Waals surface area contributed by atoms with Crippen LogP contribution in [0.3, 0.4) is 0 Å². The molecule has 4 aromatic rings. The number of nitrogens with one attached hydrogen (secondary N) is 1. The SMILES string of the molecule is CC(C)c1ccc(-n2ncc3c(=O)n(CC(=O)Nc4ccc(F)cc4Cl)cnc32)cc1. The first-order chi connectivity index (χ1) is 14.8. The minimum atomic E-state index is -0.510. The van der Waals surface area contributed by atoms with E-state index in [0.717, 1.165) is 11.8 Å². The van der Waals surface area contributed by atoms with Gasteiger partial charge in [-0.3, -0.25) is 14.2 Å². The lowest BCUT2D eigenvalue weighted by molar-refractivity contribution is -0.116. The number of aromatic nitrogens is 4. The van der Waals surface area contributed by atoms with Crippen molar-refractivity contribution in [2.45, 2.75) is 26.3 Å². The van der Waals surface area contributed by atoms with Crippen LogP contribution in [0.5, 0.6) is 0 Å². The molecular formula is C22H19ClFN5O2. The highest BCUT2D eigenvalue weighted by Crippen LogP contribution is 2.22. The number of amides is 1. The Balaban J connectivity index is 1.59. The third kappa shape index (κ3) is 4.20. The predicted octanol–water partition coefficient (Wildman–Crippen LogP) is 4.14. The quantitative estimate of drug-likeness (QED) is 0.506. The average molecular weight is 440 g/mol. The van der Waals surface area contributed by atoms with Gasteiger partial charge in [-0.2, -0.15) is 5.10 Å². The molecule has 31 heavy (non-hydrogen) atoms. The van der Waals surface area contributed by atoms with Crippen molar-refractivity contribution >= 4 is 34.2 Å². The molecule has 2 aromatic carbocycles. The van der Waals surface area contributed by atoms with E-state index in [9.17, 15) is 14.0 Å². The molecule has 0 aliphatic heterocycles. The van der Waals surface area contributed by atoms with Crippen molar-refractivity contribution in [3.05, 3.63) is 81.7 Å². The van der Waals surface area contributed by atoms with E-state index >= 15 is 0 Å². The zero-order chi connectivity index (χ0) is 22.1. The molecular weight excluding hydrogens is 421 g/mol. The molecule has 9 heteroatoms.